The average molecular weight is 376 g/mol. The maximum Gasteiger partial charge on any atom is 0.333 e. The van der Waals surface area contributed by atoms with Gasteiger partial charge < -0.3 is 29.2 Å². The van der Waals surface area contributed by atoms with Gasteiger partial charge in [0.1, 0.15) is 0 Å². The summed E-state index contributed by atoms with van der Waals surface area (Å²) >= 11 is 0. The molecule has 2 N–H and O–H groups in total. The third-order valence-electron chi connectivity index (χ3n) is 2.41. The summed E-state index contributed by atoms with van der Waals surface area (Å²) in [6, 6.07) is 0. The number of carboxylic acids is 2. The predicted octanol–water partition coefficient (Wildman–Crippen LogP) is 1.11. The highest BCUT2D eigenvalue weighted by Gasteiger charge is 2.09. The summed E-state index contributed by atoms with van der Waals surface area (Å²) in [6.45, 7) is 3.56. The number of carboxylic acid groups (broad SMARTS) is 2. The molecule has 0 aromatic rings. The van der Waals surface area contributed by atoms with E-state index in [0.717, 1.165) is 12.2 Å². The summed E-state index contributed by atoms with van der Waals surface area (Å²) in [5.74, 6) is -3.84. The lowest BCUT2D eigenvalue weighted by Crippen LogP contribution is -2.17. The first kappa shape index (κ1) is 25.5. The molecule has 26 heavy (non-hydrogen) atoms. The quantitative estimate of drug-likeness (QED) is 0.323. The molecular formula is C16H24O10. The molecule has 0 saturated heterocycles. The Morgan fingerprint density at radius 1 is 0.731 bits per heavy atom. The third kappa shape index (κ3) is 16.1. The molecule has 148 valence electrons. The highest BCUT2D eigenvalue weighted by atomic mass is 16.7. The van der Waals surface area contributed by atoms with Crippen LogP contribution in [-0.4, -0.2) is 60.9 Å². The molecule has 10 nitrogen and oxygen atoms in total. The molecule has 0 heterocycles. The maximum absolute atomic E-state index is 10.8. The molecule has 0 saturated carbocycles. The molecule has 0 bridgehead atoms. The lowest BCUT2D eigenvalue weighted by molar-refractivity contribution is -0.168. The van der Waals surface area contributed by atoms with Gasteiger partial charge in [-0.05, 0) is 0 Å². The molecule has 0 amide bonds. The minimum atomic E-state index is -1.19. The minimum absolute atomic E-state index is 0.517. The van der Waals surface area contributed by atoms with Crippen LogP contribution in [0.25, 0.3) is 0 Å². The minimum Gasteiger partial charge on any atom is -0.478 e. The van der Waals surface area contributed by atoms with Gasteiger partial charge in [-0.1, -0.05) is 13.8 Å². The van der Waals surface area contributed by atoms with Crippen LogP contribution in [0, 0.1) is 0 Å². The maximum atomic E-state index is 10.8. The van der Waals surface area contributed by atoms with E-state index in [1.165, 1.54) is 14.2 Å². The van der Waals surface area contributed by atoms with Crippen molar-refractivity contribution in [3.05, 3.63) is 24.3 Å². The summed E-state index contributed by atoms with van der Waals surface area (Å²) in [5.41, 5.74) is 0. The van der Waals surface area contributed by atoms with Gasteiger partial charge in [0.2, 0.25) is 12.6 Å². The lowest BCUT2D eigenvalue weighted by atomic mass is 10.4. The Labute approximate surface area is 151 Å². The Bertz CT molecular complexity index is 455. The summed E-state index contributed by atoms with van der Waals surface area (Å²) in [7, 11) is 2.81. The van der Waals surface area contributed by atoms with Crippen LogP contribution in [0.5, 0.6) is 0 Å². The van der Waals surface area contributed by atoms with E-state index in [2.05, 4.69) is 9.47 Å². The van der Waals surface area contributed by atoms with Crippen molar-refractivity contribution in [1.82, 2.24) is 0 Å². The summed E-state index contributed by atoms with van der Waals surface area (Å²) < 4.78 is 18.9. The molecule has 2 unspecified atom stereocenters. The average Bonchev–Trinajstić information content (AvgIpc) is 2.61. The van der Waals surface area contributed by atoms with Crippen LogP contribution >= 0.6 is 0 Å². The van der Waals surface area contributed by atoms with Crippen molar-refractivity contribution >= 4 is 23.9 Å². The van der Waals surface area contributed by atoms with Gasteiger partial charge in [-0.2, -0.15) is 0 Å². The number of ether oxygens (including phenoxy) is 4. The highest BCUT2D eigenvalue weighted by molar-refractivity contribution is 5.91. The fourth-order valence-electron chi connectivity index (χ4n) is 1.21. The second kappa shape index (κ2) is 15.8. The number of methoxy groups -OCH3 is 2. The Kier molecular flexibility index (Phi) is 15.5. The summed E-state index contributed by atoms with van der Waals surface area (Å²) in [5, 5.41) is 16.4. The van der Waals surface area contributed by atoms with Gasteiger partial charge in [0.15, 0.2) is 0 Å². The van der Waals surface area contributed by atoms with Crippen LogP contribution in [-0.2, 0) is 38.1 Å². The molecule has 0 rings (SSSR count). The molecule has 0 fully saturated rings. The first-order valence-electron chi connectivity index (χ1n) is 7.48. The smallest absolute Gasteiger partial charge is 0.333 e. The van der Waals surface area contributed by atoms with Gasteiger partial charge in [-0.15, -0.1) is 0 Å². The molecule has 0 aliphatic rings. The Morgan fingerprint density at radius 3 is 1.23 bits per heavy atom. The standard InChI is InChI=1S/2C8H12O5/c2*1-3-8(12-2)13-7(11)5-4-6(9)10/h2*4-5,8H,3H2,1-2H3,(H,9,10)/b2*5-4-. The normalized spacial score (nSPS) is 12.8. The van der Waals surface area contributed by atoms with Gasteiger partial charge in [-0.25, -0.2) is 19.2 Å². The molecule has 0 aromatic carbocycles. The second-order valence-corrected chi connectivity index (χ2v) is 4.36. The number of hydrogen-bond donors (Lipinski definition) is 2. The number of esters is 2. The van der Waals surface area contributed by atoms with Crippen LogP contribution in [0.2, 0.25) is 0 Å². The van der Waals surface area contributed by atoms with Crippen LogP contribution in [0.4, 0.5) is 0 Å². The van der Waals surface area contributed by atoms with E-state index < -0.39 is 36.5 Å². The zero-order valence-corrected chi connectivity index (χ0v) is 15.0. The van der Waals surface area contributed by atoms with Crippen molar-refractivity contribution < 1.29 is 48.3 Å². The number of aliphatic carboxylic acids is 2. The van der Waals surface area contributed by atoms with E-state index in [-0.39, 0.29) is 0 Å². The van der Waals surface area contributed by atoms with Crippen molar-refractivity contribution in [3.63, 3.8) is 0 Å². The number of hydrogen-bond acceptors (Lipinski definition) is 8. The Morgan fingerprint density at radius 2 is 1.04 bits per heavy atom. The van der Waals surface area contributed by atoms with E-state index >= 15 is 0 Å². The predicted molar refractivity (Wildman–Crippen MR) is 87.9 cm³/mol. The molecule has 0 radical (unpaired) electrons. The van der Waals surface area contributed by atoms with E-state index in [9.17, 15) is 19.2 Å². The van der Waals surface area contributed by atoms with Crippen molar-refractivity contribution in [2.24, 2.45) is 0 Å². The van der Waals surface area contributed by atoms with E-state index in [1.807, 2.05) is 0 Å². The first-order valence-corrected chi connectivity index (χ1v) is 7.48. The topological polar surface area (TPSA) is 146 Å². The monoisotopic (exact) mass is 376 g/mol. The SMILES string of the molecule is CCC(OC)OC(=O)/C=C\C(=O)O.CCC(OC)OC(=O)/C=C\C(=O)O. The number of rotatable bonds is 10. The molecule has 0 spiro atoms. The summed E-state index contributed by atoms with van der Waals surface area (Å²) in [6.07, 6.45) is 2.90. The number of carbonyl (C=O) groups excluding carboxylic acids is 2. The van der Waals surface area contributed by atoms with Gasteiger partial charge in [0, 0.05) is 51.4 Å². The Hall–Kier alpha value is -2.72. The summed E-state index contributed by atoms with van der Waals surface area (Å²) in [4.78, 5) is 41.7. The second-order valence-electron chi connectivity index (χ2n) is 4.36. The molecule has 10 heteroatoms. The number of carbonyl (C=O) groups is 4. The molecule has 0 aliphatic carbocycles. The fourth-order valence-corrected chi connectivity index (χ4v) is 1.21. The van der Waals surface area contributed by atoms with Crippen molar-refractivity contribution in [1.29, 1.82) is 0 Å². The van der Waals surface area contributed by atoms with E-state index in [4.69, 9.17) is 19.7 Å². The van der Waals surface area contributed by atoms with Crippen LogP contribution in [0.1, 0.15) is 26.7 Å². The van der Waals surface area contributed by atoms with Crippen molar-refractivity contribution in [3.8, 4) is 0 Å². The largest absolute Gasteiger partial charge is 0.478 e. The van der Waals surface area contributed by atoms with Gasteiger partial charge in [0.05, 0.1) is 0 Å². The fraction of sp³-hybridized carbons (Fsp3) is 0.500. The molecule has 2 atom stereocenters. The van der Waals surface area contributed by atoms with Crippen LogP contribution in [0.15, 0.2) is 24.3 Å². The van der Waals surface area contributed by atoms with E-state index in [1.54, 1.807) is 13.8 Å². The van der Waals surface area contributed by atoms with Crippen molar-refractivity contribution in [2.75, 3.05) is 14.2 Å². The molecular weight excluding hydrogens is 352 g/mol. The Balaban J connectivity index is 0. The van der Waals surface area contributed by atoms with E-state index in [0.29, 0.717) is 25.0 Å². The van der Waals surface area contributed by atoms with Crippen LogP contribution < -0.4 is 0 Å². The zero-order chi connectivity index (χ0) is 20.5. The van der Waals surface area contributed by atoms with Gasteiger partial charge >= 0.3 is 23.9 Å². The lowest BCUT2D eigenvalue weighted by Gasteiger charge is -2.11. The third-order valence-corrected chi connectivity index (χ3v) is 2.41. The van der Waals surface area contributed by atoms with Crippen molar-refractivity contribution in [2.45, 2.75) is 39.3 Å². The highest BCUT2D eigenvalue weighted by Crippen LogP contribution is 1.99. The van der Waals surface area contributed by atoms with Gasteiger partial charge in [-0.3, -0.25) is 0 Å². The molecule has 0 aromatic heterocycles. The zero-order valence-electron chi connectivity index (χ0n) is 15.0. The molecule has 0 aliphatic heterocycles. The van der Waals surface area contributed by atoms with Crippen LogP contribution in [0.3, 0.4) is 0 Å². The van der Waals surface area contributed by atoms with Gasteiger partial charge in [0.25, 0.3) is 0 Å². The first-order chi connectivity index (χ1) is 12.2.